The molecule has 0 amide bonds. The smallest absolute Gasteiger partial charge is 0.117 e. The average molecular weight is 168 g/mol. The third kappa shape index (κ3) is 3.30. The summed E-state index contributed by atoms with van der Waals surface area (Å²) in [5.74, 6) is 0.417. The number of amidine groups is 1. The summed E-state index contributed by atoms with van der Waals surface area (Å²) >= 11 is 0. The summed E-state index contributed by atoms with van der Waals surface area (Å²) < 4.78 is 0. The maximum absolute atomic E-state index is 5.70. The van der Waals surface area contributed by atoms with Crippen molar-refractivity contribution in [2.75, 3.05) is 6.54 Å². The van der Waals surface area contributed by atoms with Crippen LogP contribution in [0, 0.1) is 0 Å². The first-order chi connectivity index (χ1) is 5.63. The molecule has 0 aromatic carbocycles. The van der Waals surface area contributed by atoms with E-state index >= 15 is 0 Å². The molecule has 4 nitrogen and oxygen atoms in total. The van der Waals surface area contributed by atoms with Crippen LogP contribution in [-0.2, 0) is 0 Å². The lowest BCUT2D eigenvalue weighted by molar-refractivity contribution is 1.04. The molecule has 1 atom stereocenters. The van der Waals surface area contributed by atoms with Gasteiger partial charge in [0.05, 0.1) is 0 Å². The zero-order chi connectivity index (χ0) is 9.56. The van der Waals surface area contributed by atoms with Crippen molar-refractivity contribution < 1.29 is 0 Å². The van der Waals surface area contributed by atoms with Crippen molar-refractivity contribution in [3.05, 3.63) is 12.8 Å². The molecule has 4 N–H and O–H groups in total. The van der Waals surface area contributed by atoms with Gasteiger partial charge in [-0.05, 0) is 13.8 Å². The molecule has 0 unspecified atom stereocenters. The zero-order valence-corrected chi connectivity index (χ0v) is 7.62. The summed E-state index contributed by atoms with van der Waals surface area (Å²) in [6.45, 7) is 7.80. The van der Waals surface area contributed by atoms with E-state index in [1.54, 1.807) is 6.92 Å². The molecule has 0 saturated carbocycles. The van der Waals surface area contributed by atoms with E-state index < -0.39 is 0 Å². The van der Waals surface area contributed by atoms with Crippen LogP contribution >= 0.6 is 0 Å². The number of rotatable bonds is 4. The van der Waals surface area contributed by atoms with Gasteiger partial charge in [0.2, 0.25) is 0 Å². The largest absolute Gasteiger partial charge is 0.386 e. The van der Waals surface area contributed by atoms with Crippen LogP contribution in [0.2, 0.25) is 0 Å². The Kier molecular flexibility index (Phi) is 4.96. The highest BCUT2D eigenvalue weighted by Gasteiger charge is 2.09. The van der Waals surface area contributed by atoms with E-state index in [-0.39, 0.29) is 6.04 Å². The normalized spacial score (nSPS) is 15.9. The molecule has 0 aromatic heterocycles. The van der Waals surface area contributed by atoms with Crippen molar-refractivity contribution in [2.45, 2.75) is 19.9 Å². The van der Waals surface area contributed by atoms with Gasteiger partial charge in [0.25, 0.3) is 0 Å². The number of hydrogen-bond acceptors (Lipinski definition) is 3. The lowest BCUT2D eigenvalue weighted by atomic mass is 10.2. The molecule has 0 saturated heterocycles. The van der Waals surface area contributed by atoms with Gasteiger partial charge >= 0.3 is 0 Å². The van der Waals surface area contributed by atoms with Crippen LogP contribution in [-0.4, -0.2) is 24.1 Å². The van der Waals surface area contributed by atoms with Gasteiger partial charge in [-0.1, -0.05) is 6.58 Å². The highest BCUT2D eigenvalue weighted by Crippen LogP contribution is 1.87. The number of nitrogens with two attached hydrogens (primary N) is 2. The predicted molar refractivity (Wildman–Crippen MR) is 53.4 cm³/mol. The molecule has 0 rings (SSSR count). The number of aliphatic imine (C=N–C) groups is 2. The van der Waals surface area contributed by atoms with Crippen molar-refractivity contribution in [3.63, 3.8) is 0 Å². The van der Waals surface area contributed by atoms with Crippen molar-refractivity contribution in [1.29, 1.82) is 0 Å². The van der Waals surface area contributed by atoms with Crippen LogP contribution in [0.5, 0.6) is 0 Å². The maximum Gasteiger partial charge on any atom is 0.117 e. The second-order valence-corrected chi connectivity index (χ2v) is 2.33. The molecular formula is C8H16N4. The van der Waals surface area contributed by atoms with E-state index in [0.717, 1.165) is 5.71 Å². The molecule has 0 aromatic rings. The van der Waals surface area contributed by atoms with Gasteiger partial charge in [0.1, 0.15) is 11.9 Å². The molecule has 0 fully saturated rings. The first-order valence-corrected chi connectivity index (χ1v) is 3.84. The molecule has 0 heterocycles. The minimum Gasteiger partial charge on any atom is -0.386 e. The fourth-order valence-corrected chi connectivity index (χ4v) is 0.719. The Bertz CT molecular complexity index is 205. The molecule has 4 heteroatoms. The Balaban J connectivity index is 4.37. The Morgan fingerprint density at radius 2 is 2.25 bits per heavy atom. The molecule has 0 bridgehead atoms. The third-order valence-electron chi connectivity index (χ3n) is 1.40. The summed E-state index contributed by atoms with van der Waals surface area (Å²) in [7, 11) is 0. The van der Waals surface area contributed by atoms with Gasteiger partial charge in [0, 0.05) is 18.5 Å². The van der Waals surface area contributed by atoms with E-state index in [2.05, 4.69) is 16.6 Å². The Labute approximate surface area is 73.1 Å². The summed E-state index contributed by atoms with van der Waals surface area (Å²) in [6.07, 6.45) is 1.44. The number of nitrogens with zero attached hydrogens (tertiary/aromatic N) is 2. The molecule has 0 radical (unpaired) electrons. The summed E-state index contributed by atoms with van der Waals surface area (Å²) in [5, 5.41) is 0. The van der Waals surface area contributed by atoms with E-state index in [0.29, 0.717) is 12.4 Å². The SMILES string of the molecule is C=CN=C(C)[C@@H](N)C(N)=NCC. The van der Waals surface area contributed by atoms with Gasteiger partial charge < -0.3 is 11.5 Å². The minimum absolute atomic E-state index is 0.386. The molecule has 0 spiro atoms. The highest BCUT2D eigenvalue weighted by molar-refractivity contribution is 6.08. The summed E-state index contributed by atoms with van der Waals surface area (Å²) in [4.78, 5) is 7.90. The first-order valence-electron chi connectivity index (χ1n) is 3.84. The molecule has 0 aliphatic heterocycles. The monoisotopic (exact) mass is 168 g/mol. The molecule has 68 valence electrons. The quantitative estimate of drug-likeness (QED) is 0.467. The third-order valence-corrected chi connectivity index (χ3v) is 1.40. The fraction of sp³-hybridized carbons (Fsp3) is 0.500. The van der Waals surface area contributed by atoms with Crippen LogP contribution in [0.3, 0.4) is 0 Å². The van der Waals surface area contributed by atoms with Gasteiger partial charge in [-0.2, -0.15) is 0 Å². The Hall–Kier alpha value is -1.16. The van der Waals surface area contributed by atoms with Crippen LogP contribution in [0.1, 0.15) is 13.8 Å². The second kappa shape index (κ2) is 5.49. The van der Waals surface area contributed by atoms with Crippen molar-refractivity contribution in [2.24, 2.45) is 21.5 Å². The van der Waals surface area contributed by atoms with Crippen LogP contribution in [0.25, 0.3) is 0 Å². The van der Waals surface area contributed by atoms with E-state index in [1.165, 1.54) is 6.20 Å². The lowest BCUT2D eigenvalue weighted by Crippen LogP contribution is -2.42. The zero-order valence-electron chi connectivity index (χ0n) is 7.62. The van der Waals surface area contributed by atoms with E-state index in [1.807, 2.05) is 6.92 Å². The average Bonchev–Trinajstić information content (AvgIpc) is 2.04. The van der Waals surface area contributed by atoms with Gasteiger partial charge in [0.15, 0.2) is 0 Å². The molecule has 0 aliphatic rings. The van der Waals surface area contributed by atoms with Crippen molar-refractivity contribution >= 4 is 11.5 Å². The van der Waals surface area contributed by atoms with Gasteiger partial charge in [-0.25, -0.2) is 0 Å². The van der Waals surface area contributed by atoms with Crippen LogP contribution in [0.15, 0.2) is 22.8 Å². The van der Waals surface area contributed by atoms with Crippen LogP contribution < -0.4 is 11.5 Å². The standard InChI is InChI=1S/C8H16N4/c1-4-11-6(3)7(9)8(10)12-5-2/h4,7H,1,5,9H2,2-3H3,(H2,10,12)/t7-/m1/s1. The van der Waals surface area contributed by atoms with Gasteiger partial charge in [-0.15, -0.1) is 0 Å². The number of hydrogen-bond donors (Lipinski definition) is 2. The molecule has 12 heavy (non-hydrogen) atoms. The van der Waals surface area contributed by atoms with E-state index in [9.17, 15) is 0 Å². The maximum atomic E-state index is 5.70. The van der Waals surface area contributed by atoms with E-state index in [4.69, 9.17) is 11.5 Å². The highest BCUT2D eigenvalue weighted by atomic mass is 14.9. The fourth-order valence-electron chi connectivity index (χ4n) is 0.719. The Morgan fingerprint density at radius 3 is 2.67 bits per heavy atom. The minimum atomic E-state index is -0.386. The molecule has 0 aliphatic carbocycles. The van der Waals surface area contributed by atoms with Crippen molar-refractivity contribution in [3.8, 4) is 0 Å². The first kappa shape index (κ1) is 10.8. The van der Waals surface area contributed by atoms with Crippen LogP contribution in [0.4, 0.5) is 0 Å². The Morgan fingerprint density at radius 1 is 1.67 bits per heavy atom. The summed E-state index contributed by atoms with van der Waals surface area (Å²) in [5.41, 5.74) is 12.0. The lowest BCUT2D eigenvalue weighted by Gasteiger charge is -2.09. The van der Waals surface area contributed by atoms with Crippen molar-refractivity contribution in [1.82, 2.24) is 0 Å². The predicted octanol–water partition coefficient (Wildman–Crippen LogP) is 0.295. The summed E-state index contributed by atoms with van der Waals surface area (Å²) in [6, 6.07) is -0.386. The molecular weight excluding hydrogens is 152 g/mol. The van der Waals surface area contributed by atoms with Gasteiger partial charge in [-0.3, -0.25) is 9.98 Å². The second-order valence-electron chi connectivity index (χ2n) is 2.33. The topological polar surface area (TPSA) is 76.8 Å².